The smallest absolute Gasteiger partial charge is 0.107 e. The van der Waals surface area contributed by atoms with Crippen LogP contribution in [0.25, 0.3) is 11.0 Å². The molecule has 0 bridgehead atoms. The third-order valence-electron chi connectivity index (χ3n) is 4.78. The molecule has 2 rings (SSSR count). The van der Waals surface area contributed by atoms with Crippen molar-refractivity contribution in [2.45, 2.75) is 90.9 Å². The van der Waals surface area contributed by atoms with E-state index in [9.17, 15) is 0 Å². The molecular weight excluding hydrogens is 280 g/mol. The lowest BCUT2D eigenvalue weighted by Gasteiger charge is -2.02. The number of fused-ring (bicyclic) bond motifs is 1. The van der Waals surface area contributed by atoms with Crippen molar-refractivity contribution < 1.29 is 0 Å². The Morgan fingerprint density at radius 2 is 1.43 bits per heavy atom. The molecule has 2 heteroatoms. The van der Waals surface area contributed by atoms with Crippen LogP contribution in [-0.2, 0) is 6.42 Å². The molecule has 1 aromatic carbocycles. The second-order valence-corrected chi connectivity index (χ2v) is 6.94. The number of aryl methyl sites for hydroxylation is 2. The van der Waals surface area contributed by atoms with Crippen LogP contribution in [0.4, 0.5) is 0 Å². The number of hydrogen-bond donors (Lipinski definition) is 1. The van der Waals surface area contributed by atoms with E-state index in [4.69, 9.17) is 4.98 Å². The van der Waals surface area contributed by atoms with Gasteiger partial charge in [-0.1, -0.05) is 83.3 Å². The van der Waals surface area contributed by atoms with Crippen LogP contribution in [0.15, 0.2) is 18.2 Å². The number of rotatable bonds is 12. The molecule has 0 aliphatic carbocycles. The summed E-state index contributed by atoms with van der Waals surface area (Å²) >= 11 is 0. The summed E-state index contributed by atoms with van der Waals surface area (Å²) in [6, 6.07) is 6.36. The predicted molar refractivity (Wildman–Crippen MR) is 101 cm³/mol. The Hall–Kier alpha value is -1.31. The van der Waals surface area contributed by atoms with Crippen molar-refractivity contribution in [1.29, 1.82) is 0 Å². The first-order valence-corrected chi connectivity index (χ1v) is 9.75. The lowest BCUT2D eigenvalue weighted by Crippen LogP contribution is -1.89. The number of H-pyrrole nitrogens is 1. The fourth-order valence-electron chi connectivity index (χ4n) is 3.30. The maximum absolute atomic E-state index is 4.74. The molecule has 0 aliphatic rings. The second kappa shape index (κ2) is 10.5. The summed E-state index contributed by atoms with van der Waals surface area (Å²) in [5, 5.41) is 0. The monoisotopic (exact) mass is 314 g/mol. The fraction of sp³-hybridized carbons (Fsp3) is 0.667. The number of hydrogen-bond acceptors (Lipinski definition) is 1. The van der Waals surface area contributed by atoms with Crippen molar-refractivity contribution in [2.24, 2.45) is 0 Å². The Labute approximate surface area is 142 Å². The third-order valence-corrected chi connectivity index (χ3v) is 4.78. The van der Waals surface area contributed by atoms with Crippen LogP contribution in [0.2, 0.25) is 0 Å². The Balaban J connectivity index is 1.51. The highest BCUT2D eigenvalue weighted by Crippen LogP contribution is 2.17. The van der Waals surface area contributed by atoms with Crippen LogP contribution >= 0.6 is 0 Å². The number of nitrogens with zero attached hydrogens (tertiary/aromatic N) is 1. The zero-order chi connectivity index (χ0) is 16.3. The van der Waals surface area contributed by atoms with Gasteiger partial charge in [-0.2, -0.15) is 0 Å². The molecule has 1 aromatic heterocycles. The van der Waals surface area contributed by atoms with Gasteiger partial charge < -0.3 is 4.98 Å². The molecule has 128 valence electrons. The highest BCUT2D eigenvalue weighted by Gasteiger charge is 2.04. The number of para-hydroxylation sites is 1. The molecule has 0 radical (unpaired) electrons. The Morgan fingerprint density at radius 3 is 2.04 bits per heavy atom. The minimum Gasteiger partial charge on any atom is -0.342 e. The van der Waals surface area contributed by atoms with Crippen LogP contribution in [0.1, 0.15) is 88.9 Å². The molecule has 0 aliphatic heterocycles. The summed E-state index contributed by atoms with van der Waals surface area (Å²) in [7, 11) is 0. The summed E-state index contributed by atoms with van der Waals surface area (Å²) in [5.41, 5.74) is 3.59. The van der Waals surface area contributed by atoms with Gasteiger partial charge in [-0.05, 0) is 25.0 Å². The van der Waals surface area contributed by atoms with Gasteiger partial charge in [0.2, 0.25) is 0 Å². The first kappa shape index (κ1) is 18.0. The highest BCUT2D eigenvalue weighted by molar-refractivity contribution is 5.78. The number of aromatic nitrogens is 2. The van der Waals surface area contributed by atoms with Crippen molar-refractivity contribution in [1.82, 2.24) is 9.97 Å². The van der Waals surface area contributed by atoms with Crippen molar-refractivity contribution in [2.75, 3.05) is 0 Å². The molecule has 1 N–H and O–H groups in total. The lowest BCUT2D eigenvalue weighted by molar-refractivity contribution is 0.548. The van der Waals surface area contributed by atoms with Crippen LogP contribution < -0.4 is 0 Å². The summed E-state index contributed by atoms with van der Waals surface area (Å²) in [4.78, 5) is 8.20. The van der Waals surface area contributed by atoms with Crippen molar-refractivity contribution in [3.63, 3.8) is 0 Å². The summed E-state index contributed by atoms with van der Waals surface area (Å²) in [5.74, 6) is 1.16. The average Bonchev–Trinajstić information content (AvgIpc) is 2.97. The fourth-order valence-corrected chi connectivity index (χ4v) is 3.30. The molecule has 0 atom stereocenters. The minimum atomic E-state index is 1.09. The van der Waals surface area contributed by atoms with Gasteiger partial charge in [0.05, 0.1) is 11.0 Å². The Kier molecular flexibility index (Phi) is 8.20. The maximum Gasteiger partial charge on any atom is 0.107 e. The number of imidazole rings is 1. The quantitative estimate of drug-likeness (QED) is 0.432. The first-order valence-electron chi connectivity index (χ1n) is 9.75. The van der Waals surface area contributed by atoms with Crippen molar-refractivity contribution in [3.05, 3.63) is 29.6 Å². The molecule has 1 heterocycles. The molecule has 0 saturated heterocycles. The second-order valence-electron chi connectivity index (χ2n) is 6.94. The van der Waals surface area contributed by atoms with E-state index in [1.807, 2.05) is 0 Å². The Bertz CT molecular complexity index is 556. The van der Waals surface area contributed by atoms with E-state index >= 15 is 0 Å². The number of benzene rings is 1. The molecule has 2 aromatic rings. The van der Waals surface area contributed by atoms with E-state index in [2.05, 4.69) is 37.0 Å². The van der Waals surface area contributed by atoms with Gasteiger partial charge in [-0.25, -0.2) is 4.98 Å². The lowest BCUT2D eigenvalue weighted by atomic mass is 10.1. The average molecular weight is 315 g/mol. The van der Waals surface area contributed by atoms with Crippen LogP contribution in [0, 0.1) is 6.92 Å². The molecule has 23 heavy (non-hydrogen) atoms. The minimum absolute atomic E-state index is 1.09. The zero-order valence-corrected chi connectivity index (χ0v) is 15.2. The van der Waals surface area contributed by atoms with Crippen LogP contribution in [0.3, 0.4) is 0 Å². The summed E-state index contributed by atoms with van der Waals surface area (Å²) in [6.07, 6.45) is 16.4. The number of unbranched alkanes of at least 4 members (excludes halogenated alkanes) is 10. The van der Waals surface area contributed by atoms with Gasteiger partial charge in [0.1, 0.15) is 5.82 Å². The first-order chi connectivity index (χ1) is 11.3. The largest absolute Gasteiger partial charge is 0.342 e. The van der Waals surface area contributed by atoms with Gasteiger partial charge >= 0.3 is 0 Å². The topological polar surface area (TPSA) is 28.7 Å². The van der Waals surface area contributed by atoms with Gasteiger partial charge in [0.25, 0.3) is 0 Å². The molecule has 0 amide bonds. The van der Waals surface area contributed by atoms with E-state index in [0.717, 1.165) is 17.8 Å². The van der Waals surface area contributed by atoms with E-state index in [-0.39, 0.29) is 0 Å². The molecular formula is C21H34N2. The normalized spacial score (nSPS) is 11.4. The predicted octanol–water partition coefficient (Wildman–Crippen LogP) is 6.72. The van der Waals surface area contributed by atoms with Crippen LogP contribution in [0.5, 0.6) is 0 Å². The van der Waals surface area contributed by atoms with Gasteiger partial charge in [0.15, 0.2) is 0 Å². The van der Waals surface area contributed by atoms with E-state index in [1.165, 1.54) is 81.7 Å². The van der Waals surface area contributed by atoms with E-state index < -0.39 is 0 Å². The Morgan fingerprint density at radius 1 is 0.826 bits per heavy atom. The van der Waals surface area contributed by atoms with Gasteiger partial charge in [-0.3, -0.25) is 0 Å². The molecule has 0 unspecified atom stereocenters. The summed E-state index contributed by atoms with van der Waals surface area (Å²) < 4.78 is 0. The summed E-state index contributed by atoms with van der Waals surface area (Å²) in [6.45, 7) is 4.42. The SMILES string of the molecule is CCCCCCCCCCCCCc1nc2c(C)cccc2[nH]1. The standard InChI is InChI=1S/C21H34N2/c1-3-4-5-6-7-8-9-10-11-12-13-17-20-22-19-16-14-15-18(2)21(19)23-20/h14-16H,3-13,17H2,1-2H3,(H,22,23). The molecule has 0 spiro atoms. The van der Waals surface area contributed by atoms with Crippen LogP contribution in [-0.4, -0.2) is 9.97 Å². The third kappa shape index (κ3) is 6.37. The highest BCUT2D eigenvalue weighted by atomic mass is 14.9. The zero-order valence-electron chi connectivity index (χ0n) is 15.2. The molecule has 2 nitrogen and oxygen atoms in total. The maximum atomic E-state index is 4.74. The van der Waals surface area contributed by atoms with Gasteiger partial charge in [-0.15, -0.1) is 0 Å². The van der Waals surface area contributed by atoms with E-state index in [1.54, 1.807) is 0 Å². The van der Waals surface area contributed by atoms with Gasteiger partial charge in [0, 0.05) is 6.42 Å². The van der Waals surface area contributed by atoms with Crippen molar-refractivity contribution >= 4 is 11.0 Å². The molecule has 0 saturated carbocycles. The number of aromatic amines is 1. The number of nitrogens with one attached hydrogen (secondary N) is 1. The van der Waals surface area contributed by atoms with Crippen molar-refractivity contribution in [3.8, 4) is 0 Å². The molecule has 0 fully saturated rings. The van der Waals surface area contributed by atoms with E-state index in [0.29, 0.717) is 0 Å².